The summed E-state index contributed by atoms with van der Waals surface area (Å²) in [5.74, 6) is -2.19. The average molecular weight is 358 g/mol. The number of halogens is 2. The van der Waals surface area contributed by atoms with Crippen LogP contribution in [0, 0.1) is 11.6 Å². The van der Waals surface area contributed by atoms with Crippen LogP contribution in [0.3, 0.4) is 0 Å². The van der Waals surface area contributed by atoms with Gasteiger partial charge in [0, 0.05) is 22.6 Å². The Labute approximate surface area is 148 Å². The lowest BCUT2D eigenvalue weighted by Crippen LogP contribution is -2.12. The summed E-state index contributed by atoms with van der Waals surface area (Å²) in [5.41, 5.74) is 2.88. The molecule has 3 aromatic rings. The number of hydrogen-bond donors (Lipinski definition) is 1. The average Bonchev–Trinajstić information content (AvgIpc) is 3.03. The second-order valence-electron chi connectivity index (χ2n) is 5.60. The van der Waals surface area contributed by atoms with E-state index in [-0.39, 0.29) is 5.56 Å². The Kier molecular flexibility index (Phi) is 5.19. The van der Waals surface area contributed by atoms with Crippen LogP contribution in [0.2, 0.25) is 0 Å². The van der Waals surface area contributed by atoms with Crippen molar-refractivity contribution in [3.05, 3.63) is 70.6 Å². The lowest BCUT2D eigenvalue weighted by Gasteiger charge is -2.03. The van der Waals surface area contributed by atoms with E-state index in [1.54, 1.807) is 0 Å². The molecular weight excluding hydrogens is 342 g/mol. The van der Waals surface area contributed by atoms with E-state index >= 15 is 0 Å². The molecule has 0 aliphatic rings. The molecule has 1 amide bonds. The first kappa shape index (κ1) is 17.2. The number of aromatic nitrogens is 1. The topological polar surface area (TPSA) is 42.0 Å². The zero-order chi connectivity index (χ0) is 17.8. The van der Waals surface area contributed by atoms with Gasteiger partial charge in [0.25, 0.3) is 5.91 Å². The number of rotatable bonds is 5. The summed E-state index contributed by atoms with van der Waals surface area (Å²) in [6.45, 7) is 2.13. The Hall–Kier alpha value is -2.60. The summed E-state index contributed by atoms with van der Waals surface area (Å²) in [6.07, 6.45) is 2.12. The molecule has 1 aromatic heterocycles. The van der Waals surface area contributed by atoms with E-state index in [2.05, 4.69) is 29.4 Å². The van der Waals surface area contributed by atoms with E-state index in [1.165, 1.54) is 16.9 Å². The Balaban J connectivity index is 1.73. The van der Waals surface area contributed by atoms with Gasteiger partial charge in [-0.1, -0.05) is 37.6 Å². The molecule has 3 nitrogen and oxygen atoms in total. The van der Waals surface area contributed by atoms with Crippen LogP contribution in [0.4, 0.5) is 13.9 Å². The molecule has 6 heteroatoms. The van der Waals surface area contributed by atoms with Crippen LogP contribution in [0.5, 0.6) is 0 Å². The van der Waals surface area contributed by atoms with Crippen LogP contribution in [0.15, 0.2) is 47.8 Å². The molecule has 0 aliphatic heterocycles. The number of nitrogens with zero attached hydrogens (tertiary/aromatic N) is 1. The second kappa shape index (κ2) is 7.53. The molecule has 0 unspecified atom stereocenters. The first-order chi connectivity index (χ1) is 12.0. The number of nitrogens with one attached hydrogen (secondary N) is 1. The van der Waals surface area contributed by atoms with Crippen LogP contribution in [0.25, 0.3) is 11.3 Å². The summed E-state index contributed by atoms with van der Waals surface area (Å²) >= 11 is 1.26. The van der Waals surface area contributed by atoms with E-state index in [0.29, 0.717) is 5.13 Å². The molecule has 0 fully saturated rings. The smallest absolute Gasteiger partial charge is 0.257 e. The second-order valence-corrected chi connectivity index (χ2v) is 6.46. The van der Waals surface area contributed by atoms with Crippen molar-refractivity contribution in [3.63, 3.8) is 0 Å². The number of anilines is 1. The number of amides is 1. The molecule has 0 bridgehead atoms. The van der Waals surface area contributed by atoms with Crippen LogP contribution in [-0.4, -0.2) is 10.9 Å². The highest BCUT2D eigenvalue weighted by Gasteiger charge is 2.12. The van der Waals surface area contributed by atoms with Crippen molar-refractivity contribution < 1.29 is 13.6 Å². The van der Waals surface area contributed by atoms with Crippen molar-refractivity contribution in [2.24, 2.45) is 0 Å². The summed E-state index contributed by atoms with van der Waals surface area (Å²) in [4.78, 5) is 16.5. The fourth-order valence-corrected chi connectivity index (χ4v) is 3.16. The molecule has 0 radical (unpaired) electrons. The van der Waals surface area contributed by atoms with Gasteiger partial charge < -0.3 is 0 Å². The highest BCUT2D eigenvalue weighted by atomic mass is 32.1. The van der Waals surface area contributed by atoms with E-state index in [9.17, 15) is 13.6 Å². The van der Waals surface area contributed by atoms with Crippen molar-refractivity contribution in [3.8, 4) is 11.3 Å². The molecule has 0 saturated heterocycles. The van der Waals surface area contributed by atoms with E-state index in [1.807, 2.05) is 17.5 Å². The number of thiazole rings is 1. The summed E-state index contributed by atoms with van der Waals surface area (Å²) < 4.78 is 26.4. The molecule has 128 valence electrons. The van der Waals surface area contributed by atoms with Crippen molar-refractivity contribution in [1.82, 2.24) is 4.98 Å². The first-order valence-electron chi connectivity index (χ1n) is 7.87. The lowest BCUT2D eigenvalue weighted by atomic mass is 10.1. The zero-order valence-corrected chi connectivity index (χ0v) is 14.4. The molecule has 1 N–H and O–H groups in total. The van der Waals surface area contributed by atoms with Gasteiger partial charge in [-0.15, -0.1) is 11.3 Å². The Morgan fingerprint density at radius 2 is 1.80 bits per heavy atom. The molecule has 3 rings (SSSR count). The van der Waals surface area contributed by atoms with Crippen molar-refractivity contribution >= 4 is 22.4 Å². The quantitative estimate of drug-likeness (QED) is 0.673. The predicted molar refractivity (Wildman–Crippen MR) is 95.9 cm³/mol. The number of carbonyl (C=O) groups is 1. The minimum absolute atomic E-state index is 0.0850. The highest BCUT2D eigenvalue weighted by molar-refractivity contribution is 7.14. The van der Waals surface area contributed by atoms with Crippen molar-refractivity contribution in [2.75, 3.05) is 5.32 Å². The molecular formula is C19H16F2N2OS. The summed E-state index contributed by atoms with van der Waals surface area (Å²) in [7, 11) is 0. The molecule has 2 aromatic carbocycles. The monoisotopic (exact) mass is 358 g/mol. The lowest BCUT2D eigenvalue weighted by molar-refractivity contribution is 0.102. The molecule has 0 atom stereocenters. The summed E-state index contributed by atoms with van der Waals surface area (Å²) in [6, 6.07) is 10.8. The number of aryl methyl sites for hydroxylation is 1. The van der Waals surface area contributed by atoms with Crippen molar-refractivity contribution in [2.45, 2.75) is 19.8 Å². The largest absolute Gasteiger partial charge is 0.298 e. The van der Waals surface area contributed by atoms with Gasteiger partial charge in [-0.25, -0.2) is 13.8 Å². The molecule has 0 aliphatic carbocycles. The number of hydrogen-bond acceptors (Lipinski definition) is 3. The predicted octanol–water partition coefficient (Wildman–Crippen LogP) is 5.29. The minimum atomic E-state index is -0.794. The maximum atomic E-state index is 13.2. The third-order valence-electron chi connectivity index (χ3n) is 3.64. The third-order valence-corrected chi connectivity index (χ3v) is 4.40. The van der Waals surface area contributed by atoms with Gasteiger partial charge in [0.05, 0.1) is 5.69 Å². The Morgan fingerprint density at radius 1 is 1.12 bits per heavy atom. The maximum absolute atomic E-state index is 13.2. The van der Waals surface area contributed by atoms with Crippen LogP contribution < -0.4 is 5.32 Å². The maximum Gasteiger partial charge on any atom is 0.257 e. The third kappa shape index (κ3) is 4.28. The van der Waals surface area contributed by atoms with Crippen LogP contribution in [0.1, 0.15) is 29.3 Å². The standard InChI is InChI=1S/C19H16F2N2OS/c1-2-3-12-4-6-13(7-5-12)17-11-25-19(22-17)23-18(24)14-8-15(20)10-16(21)9-14/h4-11H,2-3H2,1H3,(H,22,23,24). The normalized spacial score (nSPS) is 10.7. The van der Waals surface area contributed by atoms with Gasteiger partial charge in [-0.05, 0) is 24.1 Å². The van der Waals surface area contributed by atoms with Crippen LogP contribution in [-0.2, 0) is 6.42 Å². The fourth-order valence-electron chi connectivity index (χ4n) is 2.45. The Bertz CT molecular complexity index is 870. The van der Waals surface area contributed by atoms with E-state index in [0.717, 1.165) is 42.3 Å². The molecule has 0 spiro atoms. The summed E-state index contributed by atoms with van der Waals surface area (Å²) in [5, 5.41) is 4.78. The first-order valence-corrected chi connectivity index (χ1v) is 8.75. The number of carbonyl (C=O) groups excluding carboxylic acids is 1. The SMILES string of the molecule is CCCc1ccc(-c2csc(NC(=O)c3cc(F)cc(F)c3)n2)cc1. The van der Waals surface area contributed by atoms with Gasteiger partial charge in [0.15, 0.2) is 5.13 Å². The highest BCUT2D eigenvalue weighted by Crippen LogP contribution is 2.26. The molecule has 25 heavy (non-hydrogen) atoms. The fraction of sp³-hybridized carbons (Fsp3) is 0.158. The van der Waals surface area contributed by atoms with Gasteiger partial charge in [0.1, 0.15) is 11.6 Å². The van der Waals surface area contributed by atoms with E-state index in [4.69, 9.17) is 0 Å². The van der Waals surface area contributed by atoms with E-state index < -0.39 is 17.5 Å². The van der Waals surface area contributed by atoms with Gasteiger partial charge in [0.2, 0.25) is 0 Å². The zero-order valence-electron chi connectivity index (χ0n) is 13.6. The van der Waals surface area contributed by atoms with Gasteiger partial charge in [-0.3, -0.25) is 10.1 Å². The molecule has 0 saturated carbocycles. The van der Waals surface area contributed by atoms with Crippen LogP contribution >= 0.6 is 11.3 Å². The minimum Gasteiger partial charge on any atom is -0.298 e. The van der Waals surface area contributed by atoms with Gasteiger partial charge >= 0.3 is 0 Å². The molecule has 1 heterocycles. The van der Waals surface area contributed by atoms with Crippen molar-refractivity contribution in [1.29, 1.82) is 0 Å². The number of benzene rings is 2. The van der Waals surface area contributed by atoms with Gasteiger partial charge in [-0.2, -0.15) is 0 Å². The Morgan fingerprint density at radius 3 is 2.44 bits per heavy atom.